The average Bonchev–Trinajstić information content (AvgIpc) is 3.44. The van der Waals surface area contributed by atoms with Crippen LogP contribution in [0.25, 0.3) is 11.1 Å². The summed E-state index contributed by atoms with van der Waals surface area (Å²) in [5.74, 6) is -0.888. The molecule has 2 aromatic carbocycles. The summed E-state index contributed by atoms with van der Waals surface area (Å²) in [6, 6.07) is 16.5. The molecule has 0 unspecified atom stereocenters. The fraction of sp³-hybridized carbons (Fsp3) is 0.500. The molecule has 220 valence electrons. The number of oxazole rings is 1. The summed E-state index contributed by atoms with van der Waals surface area (Å²) in [4.78, 5) is 47.0. The van der Waals surface area contributed by atoms with Crippen molar-refractivity contribution in [3.8, 4) is 0 Å². The highest BCUT2D eigenvalue weighted by atomic mass is 35.5. The third-order valence-electron chi connectivity index (χ3n) is 8.30. The van der Waals surface area contributed by atoms with E-state index in [4.69, 9.17) is 4.42 Å². The van der Waals surface area contributed by atoms with Crippen LogP contribution < -0.4 is 10.6 Å². The van der Waals surface area contributed by atoms with Gasteiger partial charge in [0.05, 0.1) is 0 Å². The Labute approximate surface area is 248 Å². The maximum absolute atomic E-state index is 14.2. The molecule has 0 spiro atoms. The molecular weight excluding hydrogens is 540 g/mol. The highest BCUT2D eigenvalue weighted by molar-refractivity contribution is 6.05. The van der Waals surface area contributed by atoms with Crippen LogP contribution in [0.5, 0.6) is 0 Å². The molecule has 3 aromatic rings. The first-order valence-corrected chi connectivity index (χ1v) is 14.8. The summed E-state index contributed by atoms with van der Waals surface area (Å²) in [7, 11) is 0. The normalized spacial score (nSPS) is 17.0. The highest BCUT2D eigenvalue weighted by Gasteiger charge is 2.35. The van der Waals surface area contributed by atoms with Crippen LogP contribution in [0.2, 0.25) is 0 Å². The van der Waals surface area contributed by atoms with Gasteiger partial charge in [0.1, 0.15) is 11.6 Å². The molecule has 9 heteroatoms. The Morgan fingerprint density at radius 3 is 2.39 bits per heavy atom. The van der Waals surface area contributed by atoms with E-state index in [0.29, 0.717) is 29.9 Å². The molecule has 3 amide bonds. The second-order valence-electron chi connectivity index (χ2n) is 11.2. The Morgan fingerprint density at radius 2 is 1.66 bits per heavy atom. The number of hydrogen-bond acceptors (Lipinski definition) is 6. The van der Waals surface area contributed by atoms with Gasteiger partial charge in [-0.3, -0.25) is 19.3 Å². The minimum absolute atomic E-state index is 0. The number of carbonyl (C=O) groups excluding carboxylic acids is 3. The van der Waals surface area contributed by atoms with Crippen molar-refractivity contribution in [2.24, 2.45) is 11.8 Å². The molecule has 0 radical (unpaired) electrons. The molecule has 5 rings (SSSR count). The van der Waals surface area contributed by atoms with Crippen LogP contribution in [-0.4, -0.2) is 53.3 Å². The molecule has 1 saturated carbocycles. The summed E-state index contributed by atoms with van der Waals surface area (Å²) in [5, 5.41) is 6.39. The van der Waals surface area contributed by atoms with E-state index in [-0.39, 0.29) is 42.6 Å². The second-order valence-corrected chi connectivity index (χ2v) is 11.2. The number of aromatic nitrogens is 1. The molecule has 2 aliphatic rings. The number of halogens is 1. The summed E-state index contributed by atoms with van der Waals surface area (Å²) in [6.07, 6.45) is 8.93. The zero-order chi connectivity index (χ0) is 27.7. The zero-order valence-corrected chi connectivity index (χ0v) is 24.4. The first-order chi connectivity index (χ1) is 19.6. The number of amides is 3. The molecule has 0 bridgehead atoms. The predicted molar refractivity (Wildman–Crippen MR) is 161 cm³/mol. The van der Waals surface area contributed by atoms with Gasteiger partial charge < -0.3 is 15.1 Å². The number of nitrogens with one attached hydrogen (secondary N) is 2. The van der Waals surface area contributed by atoms with Crippen LogP contribution in [0.1, 0.15) is 74.0 Å². The van der Waals surface area contributed by atoms with E-state index in [1.54, 1.807) is 12.1 Å². The van der Waals surface area contributed by atoms with Gasteiger partial charge in [-0.2, -0.15) is 0 Å². The molecule has 1 atom stereocenters. The van der Waals surface area contributed by atoms with Gasteiger partial charge in [0, 0.05) is 12.5 Å². The molecule has 1 aliphatic heterocycles. The number of para-hydroxylation sites is 2. The minimum atomic E-state index is -0.754. The van der Waals surface area contributed by atoms with E-state index in [2.05, 4.69) is 15.6 Å². The maximum Gasteiger partial charge on any atom is 0.316 e. The minimum Gasteiger partial charge on any atom is -0.432 e. The number of hydrogen-bond donors (Lipinski definition) is 2. The van der Waals surface area contributed by atoms with Crippen molar-refractivity contribution in [1.29, 1.82) is 0 Å². The molecule has 2 N–H and O–H groups in total. The van der Waals surface area contributed by atoms with Gasteiger partial charge >= 0.3 is 5.91 Å². The summed E-state index contributed by atoms with van der Waals surface area (Å²) in [6.45, 7) is 1.80. The van der Waals surface area contributed by atoms with Crippen molar-refractivity contribution in [2.75, 3.05) is 19.6 Å². The monoisotopic (exact) mass is 580 g/mol. The van der Waals surface area contributed by atoms with Gasteiger partial charge in [-0.15, -0.1) is 12.4 Å². The van der Waals surface area contributed by atoms with Crippen molar-refractivity contribution < 1.29 is 18.8 Å². The SMILES string of the molecule is Cl.O=C(N[C@@H](CC1CCCCC1)C(=O)N(CCCc1ccccc1)C(=O)c1nc2ccccc2o1)C1CCNCC1. The zero-order valence-electron chi connectivity index (χ0n) is 23.6. The quantitative estimate of drug-likeness (QED) is 0.337. The largest absolute Gasteiger partial charge is 0.432 e. The van der Waals surface area contributed by atoms with Crippen LogP contribution in [0.3, 0.4) is 0 Å². The molecular formula is C32H41ClN4O4. The number of fused-ring (bicyclic) bond motifs is 1. The van der Waals surface area contributed by atoms with Crippen LogP contribution in [0, 0.1) is 11.8 Å². The van der Waals surface area contributed by atoms with Crippen molar-refractivity contribution >= 4 is 41.2 Å². The Bertz CT molecular complexity index is 1250. The Kier molecular flexibility index (Phi) is 11.3. The lowest BCUT2D eigenvalue weighted by Crippen LogP contribution is -2.53. The molecule has 1 aliphatic carbocycles. The lowest BCUT2D eigenvalue weighted by molar-refractivity contribution is -0.136. The lowest BCUT2D eigenvalue weighted by atomic mass is 9.84. The number of rotatable bonds is 10. The van der Waals surface area contributed by atoms with E-state index in [1.165, 1.54) is 11.3 Å². The standard InChI is InChI=1S/C32H40N4O4.ClH/c37-29(25-17-19-33-20-18-25)34-27(22-24-12-5-2-6-13-24)31(38)36(21-9-14-23-10-3-1-4-11-23)32(39)30-35-26-15-7-8-16-28(26)40-30;/h1,3-4,7-8,10-11,15-16,24-25,27,33H,2,5-6,9,12-14,17-22H2,(H,34,37);1H/t27-;/m0./s1. The van der Waals surface area contributed by atoms with Gasteiger partial charge in [-0.25, -0.2) is 4.98 Å². The van der Waals surface area contributed by atoms with Crippen LogP contribution in [0.15, 0.2) is 59.0 Å². The van der Waals surface area contributed by atoms with Crippen molar-refractivity contribution in [3.05, 3.63) is 66.1 Å². The van der Waals surface area contributed by atoms with Gasteiger partial charge in [-0.1, -0.05) is 74.6 Å². The fourth-order valence-electron chi connectivity index (χ4n) is 6.02. The molecule has 1 aromatic heterocycles. The van der Waals surface area contributed by atoms with E-state index < -0.39 is 11.9 Å². The number of aryl methyl sites for hydroxylation is 1. The summed E-state index contributed by atoms with van der Waals surface area (Å²) < 4.78 is 5.78. The maximum atomic E-state index is 14.2. The lowest BCUT2D eigenvalue weighted by Gasteiger charge is -2.31. The van der Waals surface area contributed by atoms with Crippen LogP contribution in [0.4, 0.5) is 0 Å². The van der Waals surface area contributed by atoms with Crippen molar-refractivity contribution in [1.82, 2.24) is 20.5 Å². The molecule has 8 nitrogen and oxygen atoms in total. The number of carbonyl (C=O) groups is 3. The number of benzene rings is 2. The van der Waals surface area contributed by atoms with Crippen LogP contribution in [-0.2, 0) is 16.0 Å². The first kappa shape index (κ1) is 30.7. The topological polar surface area (TPSA) is 105 Å². The summed E-state index contributed by atoms with van der Waals surface area (Å²) >= 11 is 0. The fourth-order valence-corrected chi connectivity index (χ4v) is 6.02. The first-order valence-electron chi connectivity index (χ1n) is 14.8. The molecule has 41 heavy (non-hydrogen) atoms. The Morgan fingerprint density at radius 1 is 0.951 bits per heavy atom. The van der Waals surface area contributed by atoms with Gasteiger partial charge in [0.15, 0.2) is 5.58 Å². The van der Waals surface area contributed by atoms with Crippen LogP contribution >= 0.6 is 12.4 Å². The van der Waals surface area contributed by atoms with E-state index in [0.717, 1.165) is 63.6 Å². The third kappa shape index (κ3) is 8.17. The number of nitrogens with zero attached hydrogens (tertiary/aromatic N) is 2. The summed E-state index contributed by atoms with van der Waals surface area (Å²) in [5.41, 5.74) is 2.21. The average molecular weight is 581 g/mol. The van der Waals surface area contributed by atoms with E-state index in [9.17, 15) is 14.4 Å². The third-order valence-corrected chi connectivity index (χ3v) is 8.30. The highest BCUT2D eigenvalue weighted by Crippen LogP contribution is 2.28. The number of imide groups is 1. The molecule has 2 heterocycles. The molecule has 2 fully saturated rings. The number of piperidine rings is 1. The smallest absolute Gasteiger partial charge is 0.316 e. The van der Waals surface area contributed by atoms with Gasteiger partial charge in [0.25, 0.3) is 11.8 Å². The van der Waals surface area contributed by atoms with Crippen molar-refractivity contribution in [3.63, 3.8) is 0 Å². The van der Waals surface area contributed by atoms with Gasteiger partial charge in [0.2, 0.25) is 5.91 Å². The predicted octanol–water partition coefficient (Wildman–Crippen LogP) is 5.31. The molecule has 1 saturated heterocycles. The van der Waals surface area contributed by atoms with E-state index >= 15 is 0 Å². The second kappa shape index (κ2) is 15.1. The van der Waals surface area contributed by atoms with Crippen molar-refractivity contribution in [2.45, 2.75) is 70.3 Å². The Balaban J connectivity index is 0.00000387. The van der Waals surface area contributed by atoms with E-state index in [1.807, 2.05) is 42.5 Å². The van der Waals surface area contributed by atoms with Gasteiger partial charge in [-0.05, 0) is 68.8 Å². The Hall–Kier alpha value is -3.23.